The lowest BCUT2D eigenvalue weighted by atomic mass is 10.2. The fraction of sp³-hybridized carbons (Fsp3) is 0.318. The number of nitrogens with zero attached hydrogens (tertiary/aromatic N) is 3. The van der Waals surface area contributed by atoms with Crippen LogP contribution in [-0.4, -0.2) is 54.2 Å². The number of fused-ring (bicyclic) bond motifs is 1. The zero-order valence-corrected chi connectivity index (χ0v) is 18.2. The van der Waals surface area contributed by atoms with Gasteiger partial charge in [0.1, 0.15) is 30.1 Å². The summed E-state index contributed by atoms with van der Waals surface area (Å²) in [6.45, 7) is 3.38. The summed E-state index contributed by atoms with van der Waals surface area (Å²) < 4.78 is 10.6. The van der Waals surface area contributed by atoms with E-state index in [-0.39, 0.29) is 18.2 Å². The van der Waals surface area contributed by atoms with Crippen LogP contribution in [0.4, 0.5) is 11.4 Å². The lowest BCUT2D eigenvalue weighted by Crippen LogP contribution is -2.46. The minimum atomic E-state index is -0.475. The Morgan fingerprint density at radius 3 is 2.55 bits per heavy atom. The first-order valence-corrected chi connectivity index (χ1v) is 10.9. The van der Waals surface area contributed by atoms with E-state index in [4.69, 9.17) is 9.47 Å². The molecule has 2 aliphatic rings. The van der Waals surface area contributed by atoms with Gasteiger partial charge in [0.25, 0.3) is 0 Å². The molecular weight excluding hydrogens is 416 g/mol. The van der Waals surface area contributed by atoms with Gasteiger partial charge >= 0.3 is 0 Å². The molecule has 31 heavy (non-hydrogen) atoms. The van der Waals surface area contributed by atoms with Gasteiger partial charge in [-0.1, -0.05) is 11.8 Å². The van der Waals surface area contributed by atoms with Crippen molar-refractivity contribution in [2.24, 2.45) is 4.99 Å². The van der Waals surface area contributed by atoms with Crippen molar-refractivity contribution < 1.29 is 19.1 Å². The Bertz CT molecular complexity index is 978. The van der Waals surface area contributed by atoms with Crippen molar-refractivity contribution in [3.63, 3.8) is 0 Å². The van der Waals surface area contributed by atoms with Crippen LogP contribution in [0.15, 0.2) is 53.5 Å². The van der Waals surface area contributed by atoms with Crippen molar-refractivity contribution in [3.8, 4) is 11.5 Å². The summed E-state index contributed by atoms with van der Waals surface area (Å²) in [7, 11) is 1.62. The number of benzene rings is 2. The molecule has 0 radical (unpaired) electrons. The first kappa shape index (κ1) is 21.0. The van der Waals surface area contributed by atoms with Crippen LogP contribution in [0.1, 0.15) is 13.3 Å². The van der Waals surface area contributed by atoms with E-state index in [1.807, 2.05) is 36.1 Å². The van der Waals surface area contributed by atoms with Gasteiger partial charge in [0.2, 0.25) is 11.8 Å². The molecular formula is C22H24N4O4S. The van der Waals surface area contributed by atoms with Crippen LogP contribution in [0.2, 0.25) is 0 Å². The number of anilines is 2. The van der Waals surface area contributed by atoms with E-state index in [9.17, 15) is 9.59 Å². The molecule has 2 amide bonds. The zero-order chi connectivity index (χ0) is 21.8. The minimum absolute atomic E-state index is 0.0920. The largest absolute Gasteiger partial charge is 0.497 e. The van der Waals surface area contributed by atoms with Crippen molar-refractivity contribution in [2.45, 2.75) is 18.6 Å². The molecule has 8 nitrogen and oxygen atoms in total. The van der Waals surface area contributed by atoms with Crippen molar-refractivity contribution in [2.75, 3.05) is 37.3 Å². The molecule has 162 valence electrons. The van der Waals surface area contributed by atoms with Gasteiger partial charge in [0.15, 0.2) is 5.17 Å². The maximum absolute atomic E-state index is 12.9. The van der Waals surface area contributed by atoms with Gasteiger partial charge < -0.3 is 19.7 Å². The molecule has 0 bridgehead atoms. The third-order valence-electron chi connectivity index (χ3n) is 4.97. The highest BCUT2D eigenvalue weighted by molar-refractivity contribution is 8.15. The molecule has 4 rings (SSSR count). The summed E-state index contributed by atoms with van der Waals surface area (Å²) in [5, 5.41) is 3.04. The summed E-state index contributed by atoms with van der Waals surface area (Å²) >= 11 is 1.35. The number of hydrogen-bond donors (Lipinski definition) is 1. The number of amidine groups is 1. The Hall–Kier alpha value is -3.20. The third-order valence-corrected chi connectivity index (χ3v) is 6.18. The summed E-state index contributed by atoms with van der Waals surface area (Å²) in [6, 6.07) is 14.8. The van der Waals surface area contributed by atoms with E-state index in [1.165, 1.54) is 11.8 Å². The van der Waals surface area contributed by atoms with Crippen molar-refractivity contribution >= 4 is 40.1 Å². The fourth-order valence-electron chi connectivity index (χ4n) is 3.39. The zero-order valence-electron chi connectivity index (χ0n) is 17.4. The monoisotopic (exact) mass is 440 g/mol. The van der Waals surface area contributed by atoms with Crippen LogP contribution >= 0.6 is 11.8 Å². The molecule has 1 fully saturated rings. The summed E-state index contributed by atoms with van der Waals surface area (Å²) in [5.74, 6) is 1.22. The first-order chi connectivity index (χ1) is 15.1. The Morgan fingerprint density at radius 1 is 1.16 bits per heavy atom. The topological polar surface area (TPSA) is 83.5 Å². The Labute approximate surface area is 185 Å². The van der Waals surface area contributed by atoms with Crippen LogP contribution in [0.5, 0.6) is 11.5 Å². The molecule has 9 heteroatoms. The normalized spacial score (nSPS) is 17.8. The van der Waals surface area contributed by atoms with Crippen molar-refractivity contribution in [1.82, 2.24) is 4.90 Å². The number of amides is 2. The number of carbonyl (C=O) groups excluding carboxylic acids is 2. The number of carbonyl (C=O) groups is 2. The molecule has 0 saturated carbocycles. The SMILES string of the molecule is CCOc1ccc(NC(=O)CC2SC3=NCN(c4ccc(OC)cc4)CN3C2=O)cc1. The van der Waals surface area contributed by atoms with Crippen LogP contribution < -0.4 is 19.7 Å². The van der Waals surface area contributed by atoms with Crippen LogP contribution in [-0.2, 0) is 9.59 Å². The summed E-state index contributed by atoms with van der Waals surface area (Å²) in [4.78, 5) is 33.6. The van der Waals surface area contributed by atoms with Crippen LogP contribution in [0, 0.1) is 0 Å². The average Bonchev–Trinajstić information content (AvgIpc) is 3.10. The Morgan fingerprint density at radius 2 is 1.87 bits per heavy atom. The molecule has 0 aromatic heterocycles. The second-order valence-electron chi connectivity index (χ2n) is 7.04. The molecule has 0 aliphatic carbocycles. The second-order valence-corrected chi connectivity index (χ2v) is 8.21. The molecule has 1 N–H and O–H groups in total. The predicted molar refractivity (Wildman–Crippen MR) is 122 cm³/mol. The van der Waals surface area contributed by atoms with E-state index in [1.54, 1.807) is 36.3 Å². The van der Waals surface area contributed by atoms with Crippen molar-refractivity contribution in [3.05, 3.63) is 48.5 Å². The van der Waals surface area contributed by atoms with Gasteiger partial charge in [-0.3, -0.25) is 14.5 Å². The summed E-state index contributed by atoms with van der Waals surface area (Å²) in [6.07, 6.45) is 0.0920. The van der Waals surface area contributed by atoms with Gasteiger partial charge in [-0.25, -0.2) is 4.99 Å². The minimum Gasteiger partial charge on any atom is -0.497 e. The maximum atomic E-state index is 12.9. The Kier molecular flexibility index (Phi) is 6.31. The lowest BCUT2D eigenvalue weighted by Gasteiger charge is -2.32. The van der Waals surface area contributed by atoms with Crippen molar-refractivity contribution in [1.29, 1.82) is 0 Å². The number of ether oxygens (including phenoxy) is 2. The molecule has 2 aromatic carbocycles. The first-order valence-electron chi connectivity index (χ1n) is 10.0. The van der Waals surface area contributed by atoms with Gasteiger partial charge in [-0.2, -0.15) is 0 Å². The van der Waals surface area contributed by atoms with Gasteiger partial charge in [0, 0.05) is 17.8 Å². The number of nitrogens with one attached hydrogen (secondary N) is 1. The summed E-state index contributed by atoms with van der Waals surface area (Å²) in [5.41, 5.74) is 1.63. The standard InChI is InChI=1S/C22H24N4O4S/c1-3-30-18-8-4-15(5-9-18)24-20(27)12-19-21(28)26-14-25(13-23-22(26)31-19)16-6-10-17(29-2)11-7-16/h4-11,19H,3,12-14H2,1-2H3,(H,24,27). The highest BCUT2D eigenvalue weighted by atomic mass is 32.2. The van der Waals surface area contributed by atoms with Gasteiger partial charge in [-0.05, 0) is 55.5 Å². The number of thioether (sulfide) groups is 1. The van der Waals surface area contributed by atoms with Gasteiger partial charge in [0.05, 0.1) is 13.7 Å². The molecule has 1 saturated heterocycles. The number of hydrogen-bond acceptors (Lipinski definition) is 7. The highest BCUT2D eigenvalue weighted by Gasteiger charge is 2.41. The van der Waals surface area contributed by atoms with E-state index >= 15 is 0 Å². The predicted octanol–water partition coefficient (Wildman–Crippen LogP) is 3.16. The highest BCUT2D eigenvalue weighted by Crippen LogP contribution is 2.33. The van der Waals surface area contributed by atoms with Crippen LogP contribution in [0.3, 0.4) is 0 Å². The lowest BCUT2D eigenvalue weighted by molar-refractivity contribution is -0.128. The quantitative estimate of drug-likeness (QED) is 0.712. The average molecular weight is 441 g/mol. The molecule has 2 aromatic rings. The smallest absolute Gasteiger partial charge is 0.244 e. The fourth-order valence-corrected chi connectivity index (χ4v) is 4.51. The molecule has 1 atom stereocenters. The van der Waals surface area contributed by atoms with E-state index in [0.29, 0.717) is 30.8 Å². The maximum Gasteiger partial charge on any atom is 0.244 e. The van der Waals surface area contributed by atoms with Crippen LogP contribution in [0.25, 0.3) is 0 Å². The molecule has 0 spiro atoms. The second kappa shape index (κ2) is 9.30. The Balaban J connectivity index is 1.35. The molecule has 2 aliphatic heterocycles. The number of methoxy groups -OCH3 is 1. The number of rotatable bonds is 7. The molecule has 1 unspecified atom stereocenters. The third kappa shape index (κ3) is 4.77. The number of aliphatic imine (C=N–C) groups is 1. The van der Waals surface area contributed by atoms with Gasteiger partial charge in [-0.15, -0.1) is 0 Å². The van der Waals surface area contributed by atoms with E-state index in [2.05, 4.69) is 10.3 Å². The van der Waals surface area contributed by atoms with E-state index < -0.39 is 5.25 Å². The van der Waals surface area contributed by atoms with E-state index in [0.717, 1.165) is 17.2 Å². The molecule has 2 heterocycles.